The monoisotopic (exact) mass is 372 g/mol. The number of hydrogen-bond acceptors (Lipinski definition) is 3. The van der Waals surface area contributed by atoms with Crippen molar-refractivity contribution in [1.82, 2.24) is 9.62 Å². The Kier molecular flexibility index (Phi) is 7.10. The minimum absolute atomic E-state index is 0. The molecular formula is C18H29ClN2O2S. The highest BCUT2D eigenvalue weighted by Gasteiger charge is 2.32. The molecule has 2 aliphatic rings. The lowest BCUT2D eigenvalue weighted by molar-refractivity contribution is 0.443. The van der Waals surface area contributed by atoms with Gasteiger partial charge in [-0.05, 0) is 62.4 Å². The second-order valence-electron chi connectivity index (χ2n) is 6.98. The van der Waals surface area contributed by atoms with Crippen LogP contribution in [0.4, 0.5) is 0 Å². The molecular weight excluding hydrogens is 344 g/mol. The van der Waals surface area contributed by atoms with E-state index in [4.69, 9.17) is 0 Å². The SMILES string of the molecule is CNCC1CCN(S(=O)(=O)c2ccc(C3CCCCC3)cc2)C1.Cl. The van der Waals surface area contributed by atoms with Gasteiger partial charge in [-0.25, -0.2) is 8.42 Å². The van der Waals surface area contributed by atoms with Crippen LogP contribution in [0.25, 0.3) is 0 Å². The number of hydrogen-bond donors (Lipinski definition) is 1. The third-order valence-electron chi connectivity index (χ3n) is 5.34. The molecule has 0 bridgehead atoms. The number of benzene rings is 1. The zero-order valence-electron chi connectivity index (χ0n) is 14.4. The van der Waals surface area contributed by atoms with Crippen LogP contribution in [-0.2, 0) is 10.0 Å². The first kappa shape index (κ1) is 19.7. The number of rotatable bonds is 5. The summed E-state index contributed by atoms with van der Waals surface area (Å²) >= 11 is 0. The standard InChI is InChI=1S/C18H28N2O2S.ClH/c1-19-13-15-11-12-20(14-15)23(21,22)18-9-7-17(8-10-18)16-5-3-2-4-6-16;/h7-10,15-16,19H,2-6,11-14H2,1H3;1H. The highest BCUT2D eigenvalue weighted by Crippen LogP contribution is 2.33. The molecule has 0 amide bonds. The Labute approximate surface area is 152 Å². The summed E-state index contributed by atoms with van der Waals surface area (Å²) in [7, 11) is -1.41. The Balaban J connectivity index is 0.00000208. The lowest BCUT2D eigenvalue weighted by Crippen LogP contribution is -2.30. The normalized spacial score (nSPS) is 23.1. The second kappa shape index (κ2) is 8.65. The smallest absolute Gasteiger partial charge is 0.243 e. The molecule has 2 fully saturated rings. The highest BCUT2D eigenvalue weighted by molar-refractivity contribution is 7.89. The predicted octanol–water partition coefficient (Wildman–Crippen LogP) is 3.39. The van der Waals surface area contributed by atoms with Crippen molar-refractivity contribution in [2.45, 2.75) is 49.3 Å². The van der Waals surface area contributed by atoms with Crippen molar-refractivity contribution < 1.29 is 8.42 Å². The largest absolute Gasteiger partial charge is 0.319 e. The van der Waals surface area contributed by atoms with Crippen LogP contribution in [0, 0.1) is 5.92 Å². The molecule has 0 aromatic heterocycles. The van der Waals surface area contributed by atoms with E-state index in [1.807, 2.05) is 31.3 Å². The van der Waals surface area contributed by atoms with Crippen LogP contribution in [0.1, 0.15) is 50.0 Å². The van der Waals surface area contributed by atoms with Gasteiger partial charge in [0.2, 0.25) is 10.0 Å². The summed E-state index contributed by atoms with van der Waals surface area (Å²) in [6.07, 6.45) is 7.36. The van der Waals surface area contributed by atoms with Crippen LogP contribution in [0.5, 0.6) is 0 Å². The van der Waals surface area contributed by atoms with Gasteiger partial charge in [-0.2, -0.15) is 4.31 Å². The maximum atomic E-state index is 12.8. The van der Waals surface area contributed by atoms with Crippen molar-refractivity contribution in [2.24, 2.45) is 5.92 Å². The van der Waals surface area contributed by atoms with Gasteiger partial charge < -0.3 is 5.32 Å². The van der Waals surface area contributed by atoms with Crippen LogP contribution in [-0.4, -0.2) is 39.4 Å². The van der Waals surface area contributed by atoms with E-state index < -0.39 is 10.0 Å². The molecule has 0 spiro atoms. The summed E-state index contributed by atoms with van der Waals surface area (Å²) in [6.45, 7) is 2.15. The Hall–Kier alpha value is -0.620. The van der Waals surface area contributed by atoms with E-state index in [2.05, 4.69) is 5.32 Å². The molecule has 1 atom stereocenters. The molecule has 1 aromatic rings. The molecule has 1 aromatic carbocycles. The quantitative estimate of drug-likeness (QED) is 0.861. The molecule has 136 valence electrons. The number of halogens is 1. The first-order valence-corrected chi connectivity index (χ1v) is 10.3. The maximum Gasteiger partial charge on any atom is 0.243 e. The van der Waals surface area contributed by atoms with Crippen LogP contribution in [0.15, 0.2) is 29.2 Å². The van der Waals surface area contributed by atoms with Crippen LogP contribution < -0.4 is 5.32 Å². The molecule has 24 heavy (non-hydrogen) atoms. The summed E-state index contributed by atoms with van der Waals surface area (Å²) < 4.78 is 27.2. The number of sulfonamides is 1. The highest BCUT2D eigenvalue weighted by atomic mass is 35.5. The van der Waals surface area contributed by atoms with Gasteiger partial charge in [0.25, 0.3) is 0 Å². The molecule has 3 rings (SSSR count). The first-order valence-electron chi connectivity index (χ1n) is 8.86. The van der Waals surface area contributed by atoms with Crippen molar-refractivity contribution in [3.63, 3.8) is 0 Å². The topological polar surface area (TPSA) is 49.4 Å². The summed E-state index contributed by atoms with van der Waals surface area (Å²) in [4.78, 5) is 0.446. The third-order valence-corrected chi connectivity index (χ3v) is 7.22. The average molecular weight is 373 g/mol. The number of nitrogens with one attached hydrogen (secondary N) is 1. The number of nitrogens with zero attached hydrogens (tertiary/aromatic N) is 1. The zero-order valence-corrected chi connectivity index (χ0v) is 16.0. The molecule has 4 nitrogen and oxygen atoms in total. The fourth-order valence-corrected chi connectivity index (χ4v) is 5.50. The van der Waals surface area contributed by atoms with Gasteiger partial charge in [-0.15, -0.1) is 12.4 Å². The minimum Gasteiger partial charge on any atom is -0.319 e. The van der Waals surface area contributed by atoms with Gasteiger partial charge >= 0.3 is 0 Å². The van der Waals surface area contributed by atoms with E-state index >= 15 is 0 Å². The van der Waals surface area contributed by atoms with Gasteiger partial charge in [0.1, 0.15) is 0 Å². The fraction of sp³-hybridized carbons (Fsp3) is 0.667. The van der Waals surface area contributed by atoms with Crippen LogP contribution in [0.3, 0.4) is 0 Å². The summed E-state index contributed by atoms with van der Waals surface area (Å²) in [5, 5.41) is 3.14. The first-order chi connectivity index (χ1) is 11.1. The summed E-state index contributed by atoms with van der Waals surface area (Å²) in [5.41, 5.74) is 1.30. The lowest BCUT2D eigenvalue weighted by atomic mass is 9.84. The van der Waals surface area contributed by atoms with E-state index in [0.717, 1.165) is 13.0 Å². The second-order valence-corrected chi connectivity index (χ2v) is 8.92. The molecule has 1 saturated heterocycles. The predicted molar refractivity (Wildman–Crippen MR) is 100 cm³/mol. The Morgan fingerprint density at radius 3 is 2.38 bits per heavy atom. The van der Waals surface area contributed by atoms with E-state index in [-0.39, 0.29) is 12.4 Å². The van der Waals surface area contributed by atoms with E-state index in [0.29, 0.717) is 29.8 Å². The van der Waals surface area contributed by atoms with Crippen molar-refractivity contribution in [3.8, 4) is 0 Å². The maximum absolute atomic E-state index is 12.8. The van der Waals surface area contributed by atoms with Gasteiger partial charge in [-0.3, -0.25) is 0 Å². The lowest BCUT2D eigenvalue weighted by Gasteiger charge is -2.22. The fourth-order valence-electron chi connectivity index (χ4n) is 3.97. The van der Waals surface area contributed by atoms with Gasteiger partial charge in [0.15, 0.2) is 0 Å². The molecule has 6 heteroatoms. The molecule has 1 saturated carbocycles. The molecule has 1 aliphatic carbocycles. The summed E-state index contributed by atoms with van der Waals surface area (Å²) in [5.74, 6) is 1.04. The van der Waals surface area contributed by atoms with Crippen molar-refractivity contribution in [3.05, 3.63) is 29.8 Å². The van der Waals surface area contributed by atoms with Crippen molar-refractivity contribution in [1.29, 1.82) is 0 Å². The van der Waals surface area contributed by atoms with Gasteiger partial charge in [0, 0.05) is 13.1 Å². The Morgan fingerprint density at radius 1 is 1.08 bits per heavy atom. The van der Waals surface area contributed by atoms with Crippen molar-refractivity contribution >= 4 is 22.4 Å². The van der Waals surface area contributed by atoms with E-state index in [1.165, 1.54) is 37.7 Å². The Morgan fingerprint density at radius 2 is 1.75 bits per heavy atom. The molecule has 1 heterocycles. The molecule has 0 radical (unpaired) electrons. The summed E-state index contributed by atoms with van der Waals surface area (Å²) in [6, 6.07) is 7.68. The third kappa shape index (κ3) is 4.31. The van der Waals surface area contributed by atoms with Crippen LogP contribution in [0.2, 0.25) is 0 Å². The average Bonchev–Trinajstić information content (AvgIpc) is 3.06. The zero-order chi connectivity index (χ0) is 16.3. The van der Waals surface area contributed by atoms with E-state index in [1.54, 1.807) is 4.31 Å². The molecule has 1 aliphatic heterocycles. The van der Waals surface area contributed by atoms with Gasteiger partial charge in [-0.1, -0.05) is 31.4 Å². The van der Waals surface area contributed by atoms with E-state index in [9.17, 15) is 8.42 Å². The van der Waals surface area contributed by atoms with Crippen LogP contribution >= 0.6 is 12.4 Å². The van der Waals surface area contributed by atoms with Gasteiger partial charge in [0.05, 0.1) is 4.90 Å². The van der Waals surface area contributed by atoms with Crippen molar-refractivity contribution in [2.75, 3.05) is 26.7 Å². The molecule has 1 N–H and O–H groups in total. The Bertz CT molecular complexity index is 612. The minimum atomic E-state index is -3.33. The molecule has 1 unspecified atom stereocenters.